The predicted octanol–water partition coefficient (Wildman–Crippen LogP) is 2.19. The third kappa shape index (κ3) is 1.34. The van der Waals surface area contributed by atoms with Crippen molar-refractivity contribution < 1.29 is 9.59 Å². The molecule has 0 saturated carbocycles. The van der Waals surface area contributed by atoms with Crippen molar-refractivity contribution in [2.24, 2.45) is 0 Å². The van der Waals surface area contributed by atoms with Crippen molar-refractivity contribution in [3.05, 3.63) is 47.0 Å². The molecule has 0 atom stereocenters. The molecule has 2 nitrogen and oxygen atoms in total. The van der Waals surface area contributed by atoms with Gasteiger partial charge in [0.05, 0.1) is 0 Å². The zero-order chi connectivity index (χ0) is 10.1. The maximum atomic E-state index is 11.7. The van der Waals surface area contributed by atoms with Crippen molar-refractivity contribution in [2.75, 3.05) is 5.33 Å². The predicted molar refractivity (Wildman–Crippen MR) is 55.7 cm³/mol. The molecule has 0 aliphatic heterocycles. The quantitative estimate of drug-likeness (QED) is 0.716. The molecule has 1 aliphatic rings. The number of fused-ring (bicyclic) bond motifs is 1. The first-order chi connectivity index (χ1) is 6.74. The second-order valence-electron chi connectivity index (χ2n) is 2.94. The van der Waals surface area contributed by atoms with Crippen molar-refractivity contribution in [1.82, 2.24) is 0 Å². The lowest BCUT2D eigenvalue weighted by Gasteiger charge is -2.11. The molecule has 0 amide bonds. The smallest absolute Gasteiger partial charge is 0.194 e. The standard InChI is InChI=1S/C11H6BrO2/c12-6-7-5-10(13)8-3-1-2-4-9(8)11(7)14/h1-4H,6H2. The molecule has 2 rings (SSSR count). The molecule has 1 radical (unpaired) electrons. The van der Waals surface area contributed by atoms with Crippen LogP contribution in [0.3, 0.4) is 0 Å². The molecule has 0 spiro atoms. The Labute approximate surface area is 89.8 Å². The number of hydrogen-bond acceptors (Lipinski definition) is 2. The Morgan fingerprint density at radius 3 is 2.43 bits per heavy atom. The van der Waals surface area contributed by atoms with E-state index in [-0.39, 0.29) is 11.6 Å². The van der Waals surface area contributed by atoms with Crippen LogP contribution in [-0.2, 0) is 0 Å². The largest absolute Gasteiger partial charge is 0.289 e. The van der Waals surface area contributed by atoms with Gasteiger partial charge in [-0.05, 0) is 0 Å². The number of Topliss-reactive ketones (excluding diaryl/α,β-unsaturated/α-hetero) is 2. The summed E-state index contributed by atoms with van der Waals surface area (Å²) in [6.07, 6.45) is 2.55. The first-order valence-corrected chi connectivity index (χ1v) is 5.23. The molecular formula is C11H6BrO2. The van der Waals surface area contributed by atoms with Gasteiger partial charge in [0.25, 0.3) is 0 Å². The zero-order valence-corrected chi connectivity index (χ0v) is 8.80. The monoisotopic (exact) mass is 249 g/mol. The van der Waals surface area contributed by atoms with Gasteiger partial charge in [-0.3, -0.25) is 9.59 Å². The molecule has 14 heavy (non-hydrogen) atoms. The SMILES string of the molecule is O=C1[C]=C(CBr)C(=O)c2ccccc21. The number of carbonyl (C=O) groups excluding carboxylic acids is 2. The third-order valence-electron chi connectivity index (χ3n) is 2.09. The number of alkyl halides is 1. The molecule has 0 saturated heterocycles. The van der Waals surface area contributed by atoms with Gasteiger partial charge in [0.2, 0.25) is 0 Å². The van der Waals surface area contributed by atoms with E-state index < -0.39 is 0 Å². The summed E-state index contributed by atoms with van der Waals surface area (Å²) < 4.78 is 0. The summed E-state index contributed by atoms with van der Waals surface area (Å²) in [5.74, 6) is -0.327. The lowest BCUT2D eigenvalue weighted by molar-refractivity contribution is 0.0979. The normalized spacial score (nSPS) is 15.1. The van der Waals surface area contributed by atoms with E-state index in [9.17, 15) is 9.59 Å². The Bertz CT molecular complexity index is 446. The first-order valence-electron chi connectivity index (χ1n) is 4.11. The fraction of sp³-hybridized carbons (Fsp3) is 0.0909. The minimum atomic E-state index is -0.213. The highest BCUT2D eigenvalue weighted by molar-refractivity contribution is 9.09. The van der Waals surface area contributed by atoms with Crippen LogP contribution in [0.1, 0.15) is 20.7 Å². The second kappa shape index (κ2) is 3.50. The highest BCUT2D eigenvalue weighted by atomic mass is 79.9. The molecule has 0 heterocycles. The fourth-order valence-corrected chi connectivity index (χ4v) is 1.79. The maximum absolute atomic E-state index is 11.7. The van der Waals surface area contributed by atoms with Crippen LogP contribution in [-0.4, -0.2) is 16.9 Å². The van der Waals surface area contributed by atoms with Gasteiger partial charge in [-0.25, -0.2) is 0 Å². The molecule has 0 bridgehead atoms. The highest BCUT2D eigenvalue weighted by Crippen LogP contribution is 2.21. The van der Waals surface area contributed by atoms with Gasteiger partial charge in [-0.2, -0.15) is 0 Å². The van der Waals surface area contributed by atoms with E-state index in [1.54, 1.807) is 24.3 Å². The van der Waals surface area contributed by atoms with Crippen LogP contribution in [0.5, 0.6) is 0 Å². The number of halogens is 1. The summed E-state index contributed by atoms with van der Waals surface area (Å²) in [4.78, 5) is 23.2. The number of rotatable bonds is 1. The number of carbonyl (C=O) groups is 2. The van der Waals surface area contributed by atoms with Crippen molar-refractivity contribution in [2.45, 2.75) is 0 Å². The van der Waals surface area contributed by atoms with Crippen molar-refractivity contribution in [3.63, 3.8) is 0 Å². The molecule has 0 fully saturated rings. The molecule has 0 aromatic heterocycles. The van der Waals surface area contributed by atoms with Gasteiger partial charge in [0.1, 0.15) is 0 Å². The number of hydrogen-bond donors (Lipinski definition) is 0. The lowest BCUT2D eigenvalue weighted by atomic mass is 9.90. The molecule has 1 aliphatic carbocycles. The summed E-state index contributed by atoms with van der Waals surface area (Å²) in [7, 11) is 0. The molecule has 1 aromatic rings. The minimum absolute atomic E-state index is 0.114. The number of benzene rings is 1. The van der Waals surface area contributed by atoms with Crippen molar-refractivity contribution >= 4 is 27.5 Å². The average Bonchev–Trinajstić information content (AvgIpc) is 2.23. The third-order valence-corrected chi connectivity index (χ3v) is 2.65. The van der Waals surface area contributed by atoms with Crippen LogP contribution < -0.4 is 0 Å². The van der Waals surface area contributed by atoms with E-state index >= 15 is 0 Å². The Hall–Kier alpha value is -1.22. The van der Waals surface area contributed by atoms with Gasteiger partial charge < -0.3 is 0 Å². The number of allylic oxidation sites excluding steroid dienone is 2. The van der Waals surface area contributed by atoms with Crippen LogP contribution >= 0.6 is 15.9 Å². The Kier molecular flexibility index (Phi) is 2.33. The topological polar surface area (TPSA) is 34.1 Å². The second-order valence-corrected chi connectivity index (χ2v) is 3.50. The van der Waals surface area contributed by atoms with Gasteiger partial charge in [-0.1, -0.05) is 40.2 Å². The molecule has 0 N–H and O–H groups in total. The summed E-state index contributed by atoms with van der Waals surface area (Å²) >= 11 is 3.16. The van der Waals surface area contributed by atoms with Gasteiger partial charge in [0, 0.05) is 28.1 Å². The molecule has 69 valence electrons. The molecule has 1 aromatic carbocycles. The van der Waals surface area contributed by atoms with Crippen LogP contribution in [0.4, 0.5) is 0 Å². The highest BCUT2D eigenvalue weighted by Gasteiger charge is 2.24. The lowest BCUT2D eigenvalue weighted by Crippen LogP contribution is -2.17. The van der Waals surface area contributed by atoms with Crippen molar-refractivity contribution in [1.29, 1.82) is 0 Å². The van der Waals surface area contributed by atoms with Gasteiger partial charge in [-0.15, -0.1) is 0 Å². The van der Waals surface area contributed by atoms with Gasteiger partial charge >= 0.3 is 0 Å². The Balaban J connectivity index is 2.61. The molecule has 3 heteroatoms. The average molecular weight is 250 g/mol. The van der Waals surface area contributed by atoms with Crippen LogP contribution in [0.15, 0.2) is 29.8 Å². The molecular weight excluding hydrogens is 244 g/mol. The first kappa shape index (κ1) is 9.34. The van der Waals surface area contributed by atoms with Crippen LogP contribution in [0, 0.1) is 6.08 Å². The van der Waals surface area contributed by atoms with E-state index in [1.807, 2.05) is 0 Å². The summed E-state index contributed by atoms with van der Waals surface area (Å²) in [5, 5.41) is 0.367. The number of ketones is 2. The van der Waals surface area contributed by atoms with Gasteiger partial charge in [0.15, 0.2) is 11.6 Å². The Morgan fingerprint density at radius 2 is 1.79 bits per heavy atom. The van der Waals surface area contributed by atoms with E-state index in [0.717, 1.165) is 0 Å². The zero-order valence-electron chi connectivity index (χ0n) is 7.21. The maximum Gasteiger partial charge on any atom is 0.194 e. The molecule has 0 unspecified atom stereocenters. The summed E-state index contributed by atoms with van der Waals surface area (Å²) in [6.45, 7) is 0. The van der Waals surface area contributed by atoms with Crippen LogP contribution in [0.2, 0.25) is 0 Å². The summed E-state index contributed by atoms with van der Waals surface area (Å²) in [6, 6.07) is 6.80. The van der Waals surface area contributed by atoms with E-state index in [1.165, 1.54) is 0 Å². The summed E-state index contributed by atoms with van der Waals surface area (Å²) in [5.41, 5.74) is 1.32. The van der Waals surface area contributed by atoms with E-state index in [0.29, 0.717) is 22.0 Å². The minimum Gasteiger partial charge on any atom is -0.289 e. The van der Waals surface area contributed by atoms with E-state index in [4.69, 9.17) is 0 Å². The van der Waals surface area contributed by atoms with Crippen molar-refractivity contribution in [3.8, 4) is 0 Å². The fourth-order valence-electron chi connectivity index (χ4n) is 1.40. The van der Waals surface area contributed by atoms with E-state index in [2.05, 4.69) is 22.0 Å². The Morgan fingerprint density at radius 1 is 1.14 bits per heavy atom. The van der Waals surface area contributed by atoms with Crippen LogP contribution in [0.25, 0.3) is 0 Å².